The number of carboxylic acids is 1. The highest BCUT2D eigenvalue weighted by Gasteiger charge is 2.19. The third kappa shape index (κ3) is 4.66. The minimum absolute atomic E-state index is 0.316. The summed E-state index contributed by atoms with van der Waals surface area (Å²) in [5.74, 6) is -0.480. The Morgan fingerprint density at radius 3 is 2.29 bits per heavy atom. The molecule has 116 valence electrons. The molecule has 1 amide bonds. The van der Waals surface area contributed by atoms with Crippen LogP contribution in [-0.4, -0.2) is 36.2 Å². The van der Waals surface area contributed by atoms with Gasteiger partial charge in [-0.15, -0.1) is 0 Å². The molecule has 0 aliphatic heterocycles. The second kappa shape index (κ2) is 8.14. The lowest BCUT2D eigenvalue weighted by Crippen LogP contribution is -2.40. The maximum Gasteiger partial charge on any atom is 0.326 e. The molecule has 2 N–H and O–H groups in total. The maximum atomic E-state index is 12.1. The van der Waals surface area contributed by atoms with Crippen LogP contribution in [-0.2, 0) is 4.79 Å². The van der Waals surface area contributed by atoms with Crippen LogP contribution in [0.15, 0.2) is 18.2 Å². The number of ether oxygens (including phenoxy) is 2. The van der Waals surface area contributed by atoms with E-state index in [2.05, 4.69) is 5.32 Å². The molecule has 0 fully saturated rings. The van der Waals surface area contributed by atoms with Crippen molar-refractivity contribution in [3.63, 3.8) is 0 Å². The van der Waals surface area contributed by atoms with E-state index in [0.29, 0.717) is 36.7 Å². The Labute approximate surface area is 124 Å². The lowest BCUT2D eigenvalue weighted by Gasteiger charge is -2.14. The summed E-state index contributed by atoms with van der Waals surface area (Å²) in [5.41, 5.74) is 0.335. The van der Waals surface area contributed by atoms with Crippen molar-refractivity contribution >= 4 is 11.9 Å². The number of carbonyl (C=O) groups excluding carboxylic acids is 1. The van der Waals surface area contributed by atoms with Gasteiger partial charge in [0.1, 0.15) is 6.04 Å². The van der Waals surface area contributed by atoms with E-state index in [1.54, 1.807) is 25.1 Å². The molecule has 0 saturated heterocycles. The van der Waals surface area contributed by atoms with E-state index < -0.39 is 17.9 Å². The van der Waals surface area contributed by atoms with Gasteiger partial charge in [0.15, 0.2) is 11.5 Å². The highest BCUT2D eigenvalue weighted by atomic mass is 16.5. The first kappa shape index (κ1) is 16.8. The summed E-state index contributed by atoms with van der Waals surface area (Å²) in [6, 6.07) is 3.88. The molecule has 1 aromatic rings. The molecule has 6 nitrogen and oxygen atoms in total. The molecule has 0 saturated carbocycles. The Kier molecular flexibility index (Phi) is 6.52. The lowest BCUT2D eigenvalue weighted by molar-refractivity contribution is -0.139. The highest BCUT2D eigenvalue weighted by Crippen LogP contribution is 2.28. The van der Waals surface area contributed by atoms with Crippen LogP contribution < -0.4 is 14.8 Å². The average Bonchev–Trinajstić information content (AvgIpc) is 2.46. The minimum atomic E-state index is -1.05. The summed E-state index contributed by atoms with van der Waals surface area (Å²) in [7, 11) is 0. The number of benzene rings is 1. The molecule has 1 unspecified atom stereocenters. The summed E-state index contributed by atoms with van der Waals surface area (Å²) in [6.07, 6.45) is 0.316. The van der Waals surface area contributed by atoms with Crippen molar-refractivity contribution in [3.8, 4) is 11.5 Å². The van der Waals surface area contributed by atoms with Crippen LogP contribution in [0, 0.1) is 0 Å². The largest absolute Gasteiger partial charge is 0.490 e. The number of aliphatic carboxylic acids is 1. The van der Waals surface area contributed by atoms with Gasteiger partial charge in [0.05, 0.1) is 13.2 Å². The van der Waals surface area contributed by atoms with Crippen molar-refractivity contribution in [1.29, 1.82) is 0 Å². The second-order valence-electron chi connectivity index (χ2n) is 4.30. The molecular formula is C15H21NO5. The van der Waals surface area contributed by atoms with Crippen molar-refractivity contribution < 1.29 is 24.2 Å². The minimum Gasteiger partial charge on any atom is -0.490 e. The van der Waals surface area contributed by atoms with E-state index in [0.717, 1.165) is 0 Å². The Morgan fingerprint density at radius 2 is 1.76 bits per heavy atom. The predicted octanol–water partition coefficient (Wildman–Crippen LogP) is 2.08. The number of hydrogen-bond acceptors (Lipinski definition) is 4. The van der Waals surface area contributed by atoms with Gasteiger partial charge in [0, 0.05) is 5.56 Å². The standard InChI is InChI=1S/C15H21NO5/c1-4-11(15(18)19)16-14(17)10-7-8-12(20-5-2)13(9-10)21-6-3/h7-9,11H,4-6H2,1-3H3,(H,16,17)(H,18,19). The SMILES string of the molecule is CCOc1ccc(C(=O)NC(CC)C(=O)O)cc1OCC. The molecule has 0 spiro atoms. The smallest absolute Gasteiger partial charge is 0.326 e. The van der Waals surface area contributed by atoms with Crippen molar-refractivity contribution in [3.05, 3.63) is 23.8 Å². The zero-order valence-electron chi connectivity index (χ0n) is 12.5. The van der Waals surface area contributed by atoms with E-state index >= 15 is 0 Å². The monoisotopic (exact) mass is 295 g/mol. The Bertz CT molecular complexity index is 501. The Balaban J connectivity index is 2.94. The van der Waals surface area contributed by atoms with Crippen LogP contribution in [0.25, 0.3) is 0 Å². The fourth-order valence-corrected chi connectivity index (χ4v) is 1.77. The third-order valence-electron chi connectivity index (χ3n) is 2.82. The van der Waals surface area contributed by atoms with Crippen LogP contribution in [0.2, 0.25) is 0 Å². The third-order valence-corrected chi connectivity index (χ3v) is 2.82. The van der Waals surface area contributed by atoms with E-state index in [1.807, 2.05) is 13.8 Å². The number of amides is 1. The van der Waals surface area contributed by atoms with Crippen molar-refractivity contribution in [1.82, 2.24) is 5.32 Å². The van der Waals surface area contributed by atoms with Gasteiger partial charge in [-0.05, 0) is 38.5 Å². The van der Waals surface area contributed by atoms with Gasteiger partial charge >= 0.3 is 5.97 Å². The van der Waals surface area contributed by atoms with Gasteiger partial charge in [-0.3, -0.25) is 4.79 Å². The summed E-state index contributed by atoms with van der Waals surface area (Å²) in [6.45, 7) is 6.32. The molecule has 0 aliphatic rings. The molecule has 1 rings (SSSR count). The molecular weight excluding hydrogens is 274 g/mol. The van der Waals surface area contributed by atoms with Crippen molar-refractivity contribution in [2.45, 2.75) is 33.2 Å². The first-order valence-corrected chi connectivity index (χ1v) is 6.96. The average molecular weight is 295 g/mol. The zero-order chi connectivity index (χ0) is 15.8. The first-order valence-electron chi connectivity index (χ1n) is 6.96. The Morgan fingerprint density at radius 1 is 1.14 bits per heavy atom. The molecule has 0 bridgehead atoms. The normalized spacial score (nSPS) is 11.6. The fraction of sp³-hybridized carbons (Fsp3) is 0.467. The number of nitrogens with one attached hydrogen (secondary N) is 1. The Hall–Kier alpha value is -2.24. The van der Waals surface area contributed by atoms with Crippen LogP contribution in [0.3, 0.4) is 0 Å². The number of carbonyl (C=O) groups is 2. The molecule has 0 heterocycles. The summed E-state index contributed by atoms with van der Waals surface area (Å²) in [5, 5.41) is 11.4. The zero-order valence-corrected chi connectivity index (χ0v) is 12.5. The summed E-state index contributed by atoms with van der Waals surface area (Å²) < 4.78 is 10.9. The van der Waals surface area contributed by atoms with E-state index in [-0.39, 0.29) is 0 Å². The molecule has 6 heteroatoms. The first-order chi connectivity index (χ1) is 10.0. The van der Waals surface area contributed by atoms with Gasteiger partial charge in [0.2, 0.25) is 0 Å². The number of carboxylic acid groups (broad SMARTS) is 1. The quantitative estimate of drug-likeness (QED) is 0.767. The van der Waals surface area contributed by atoms with Gasteiger partial charge in [0.25, 0.3) is 5.91 Å². The van der Waals surface area contributed by atoms with Crippen LogP contribution in [0.4, 0.5) is 0 Å². The molecule has 0 aromatic heterocycles. The predicted molar refractivity (Wildman–Crippen MR) is 78.0 cm³/mol. The highest BCUT2D eigenvalue weighted by molar-refractivity contribution is 5.97. The molecule has 1 aromatic carbocycles. The van der Waals surface area contributed by atoms with Crippen LogP contribution in [0.1, 0.15) is 37.6 Å². The molecule has 0 radical (unpaired) electrons. The fourth-order valence-electron chi connectivity index (χ4n) is 1.77. The number of rotatable bonds is 8. The maximum absolute atomic E-state index is 12.1. The summed E-state index contributed by atoms with van der Waals surface area (Å²) >= 11 is 0. The second-order valence-corrected chi connectivity index (χ2v) is 4.30. The van der Waals surface area contributed by atoms with Gasteiger partial charge < -0.3 is 19.9 Å². The van der Waals surface area contributed by atoms with Gasteiger partial charge in [-0.2, -0.15) is 0 Å². The van der Waals surface area contributed by atoms with Crippen molar-refractivity contribution in [2.75, 3.05) is 13.2 Å². The van der Waals surface area contributed by atoms with E-state index in [9.17, 15) is 9.59 Å². The number of hydrogen-bond donors (Lipinski definition) is 2. The van der Waals surface area contributed by atoms with Crippen LogP contribution >= 0.6 is 0 Å². The van der Waals surface area contributed by atoms with Gasteiger partial charge in [-0.25, -0.2) is 4.79 Å². The van der Waals surface area contributed by atoms with E-state index in [1.165, 1.54) is 0 Å². The van der Waals surface area contributed by atoms with E-state index in [4.69, 9.17) is 14.6 Å². The summed E-state index contributed by atoms with van der Waals surface area (Å²) in [4.78, 5) is 23.0. The molecule has 0 aliphatic carbocycles. The van der Waals surface area contributed by atoms with Crippen LogP contribution in [0.5, 0.6) is 11.5 Å². The lowest BCUT2D eigenvalue weighted by atomic mass is 10.1. The molecule has 21 heavy (non-hydrogen) atoms. The van der Waals surface area contributed by atoms with Crippen molar-refractivity contribution in [2.24, 2.45) is 0 Å². The van der Waals surface area contributed by atoms with Gasteiger partial charge in [-0.1, -0.05) is 6.92 Å². The topological polar surface area (TPSA) is 84.9 Å². The molecule has 1 atom stereocenters.